The predicted molar refractivity (Wildman–Crippen MR) is 51.4 cm³/mol. The second-order valence-corrected chi connectivity index (χ2v) is 2.63. The highest BCUT2D eigenvalue weighted by Crippen LogP contribution is 2.05. The molecule has 7 nitrogen and oxygen atoms in total. The Bertz CT molecular complexity index is 85.6. The van der Waals surface area contributed by atoms with Crippen LogP contribution in [0.5, 0.6) is 0 Å². The van der Waals surface area contributed by atoms with Gasteiger partial charge in [0.2, 0.25) is 8.53 Å². The number of hydrogen-bond acceptors (Lipinski definition) is 7. The molecule has 6 N–H and O–H groups in total. The van der Waals surface area contributed by atoms with E-state index >= 15 is 0 Å². The molecular weight excluding hydrogens is 213 g/mol. The minimum atomic E-state index is -2.12. The summed E-state index contributed by atoms with van der Waals surface area (Å²) in [5.74, 6) is 0. The van der Waals surface area contributed by atoms with Crippen LogP contribution >= 0.6 is 8.53 Å². The molecule has 0 saturated carbocycles. The Morgan fingerprint density at radius 3 is 1.36 bits per heavy atom. The first-order valence-corrected chi connectivity index (χ1v) is 5.26. The first kappa shape index (κ1) is 16.6. The van der Waals surface area contributed by atoms with Gasteiger partial charge >= 0.3 is 0 Å². The molecule has 0 saturated heterocycles. The van der Waals surface area contributed by atoms with Crippen molar-refractivity contribution >= 4 is 8.53 Å². The van der Waals surface area contributed by atoms with E-state index in [0.29, 0.717) is 26.4 Å². The highest BCUT2D eigenvalue weighted by molar-refractivity contribution is 7.42. The van der Waals surface area contributed by atoms with Crippen LogP contribution in [0.2, 0.25) is 0 Å². The van der Waals surface area contributed by atoms with Crippen LogP contribution in [0, 0.1) is 0 Å². The highest BCUT2D eigenvalue weighted by atomic mass is 31.2. The van der Waals surface area contributed by atoms with E-state index in [9.17, 15) is 0 Å². The van der Waals surface area contributed by atoms with E-state index < -0.39 is 8.53 Å². The molecule has 0 aliphatic carbocycles. The van der Waals surface area contributed by atoms with Crippen molar-refractivity contribution in [2.75, 3.05) is 39.6 Å². The normalized spacial score (nSPS) is 9.86. The quantitative estimate of drug-likeness (QED) is 0.257. The molecule has 0 aliphatic rings. The summed E-state index contributed by atoms with van der Waals surface area (Å²) in [6.45, 7) is 1.73. The lowest BCUT2D eigenvalue weighted by Crippen LogP contribution is -2.09. The summed E-state index contributed by atoms with van der Waals surface area (Å²) in [5, 5.41) is 16.5. The Balaban J connectivity index is 0. The van der Waals surface area contributed by atoms with Crippen molar-refractivity contribution in [3.8, 4) is 0 Å². The molecule has 0 aliphatic heterocycles. The van der Waals surface area contributed by atoms with Crippen molar-refractivity contribution in [1.29, 1.82) is 0 Å². The van der Waals surface area contributed by atoms with Crippen molar-refractivity contribution in [3.05, 3.63) is 0 Å². The van der Waals surface area contributed by atoms with Crippen molar-refractivity contribution in [2.24, 2.45) is 5.50 Å². The summed E-state index contributed by atoms with van der Waals surface area (Å²) in [6.07, 6.45) is 0. The maximum Gasteiger partial charge on any atom is 0.247 e. The second kappa shape index (κ2) is 15.6. The van der Waals surface area contributed by atoms with Crippen LogP contribution in [0.4, 0.5) is 0 Å². The molecule has 0 amide bonds. The van der Waals surface area contributed by atoms with Gasteiger partial charge in [0.05, 0.1) is 39.6 Å². The molecule has 14 heavy (non-hydrogen) atoms. The van der Waals surface area contributed by atoms with Crippen molar-refractivity contribution in [1.82, 2.24) is 0 Å². The maximum atomic E-state index is 8.26. The lowest BCUT2D eigenvalue weighted by atomic mass is 10.7. The third-order valence-corrected chi connectivity index (χ3v) is 0.843. The highest BCUT2D eigenvalue weighted by Gasteiger charge is 1.86. The summed E-state index contributed by atoms with van der Waals surface area (Å²) in [4.78, 5) is 14.9. The van der Waals surface area contributed by atoms with Crippen molar-refractivity contribution in [3.63, 3.8) is 0 Å². The first-order valence-electron chi connectivity index (χ1n) is 3.95. The fourth-order valence-corrected chi connectivity index (χ4v) is 0.451. The molecule has 0 unspecified atom stereocenters. The smallest absolute Gasteiger partial charge is 0.247 e. The van der Waals surface area contributed by atoms with Crippen LogP contribution in [-0.2, 0) is 9.47 Å². The molecule has 8 heteroatoms. The van der Waals surface area contributed by atoms with Gasteiger partial charge in [-0.05, 0) is 0 Å². The summed E-state index contributed by atoms with van der Waals surface area (Å²) in [5.41, 5.74) is 4.29. The molecule has 0 aromatic rings. The largest absolute Gasteiger partial charge is 0.394 e. The van der Waals surface area contributed by atoms with E-state index in [1.165, 1.54) is 0 Å². The third kappa shape index (κ3) is 29.5. The van der Waals surface area contributed by atoms with Crippen LogP contribution in [0.15, 0.2) is 0 Å². The van der Waals surface area contributed by atoms with Gasteiger partial charge < -0.3 is 29.5 Å². The average molecular weight is 231 g/mol. The van der Waals surface area contributed by atoms with E-state index in [1.807, 2.05) is 0 Å². The topological polar surface area (TPSA) is 125 Å². The molecule has 0 radical (unpaired) electrons. The summed E-state index contributed by atoms with van der Waals surface area (Å²) < 4.78 is 9.75. The minimum absolute atomic E-state index is 0.0417. The third-order valence-electron chi connectivity index (χ3n) is 0.843. The van der Waals surface area contributed by atoms with Gasteiger partial charge in [-0.15, -0.1) is 0 Å². The van der Waals surface area contributed by atoms with Crippen LogP contribution in [0.3, 0.4) is 0 Å². The summed E-state index contributed by atoms with van der Waals surface area (Å²) in [6, 6.07) is 0. The Hall–Kier alpha value is 0.150. The Labute approximate surface area is 84.0 Å². The summed E-state index contributed by atoms with van der Waals surface area (Å²) in [7, 11) is -2.12. The molecule has 0 heterocycles. The van der Waals surface area contributed by atoms with E-state index in [-0.39, 0.29) is 13.2 Å². The lowest BCUT2D eigenvalue weighted by Gasteiger charge is -2.01. The van der Waals surface area contributed by atoms with Gasteiger partial charge in [-0.3, -0.25) is 5.50 Å². The Morgan fingerprint density at radius 2 is 1.14 bits per heavy atom. The molecule has 88 valence electrons. The fraction of sp³-hybridized carbons (Fsp3) is 1.00. The number of nitrogens with two attached hydrogens (primary N) is 1. The van der Waals surface area contributed by atoms with Gasteiger partial charge in [-0.25, -0.2) is 0 Å². The van der Waals surface area contributed by atoms with Gasteiger partial charge in [0, 0.05) is 0 Å². The Kier molecular flexibility index (Phi) is 18.5. The molecule has 0 atom stereocenters. The molecule has 0 aromatic carbocycles. The average Bonchev–Trinajstić information content (AvgIpc) is 2.10. The van der Waals surface area contributed by atoms with Gasteiger partial charge in [-0.2, -0.15) is 0 Å². The molecule has 0 spiro atoms. The number of rotatable bonds is 7. The molecule has 0 bridgehead atoms. The zero-order valence-corrected chi connectivity index (χ0v) is 8.77. The van der Waals surface area contributed by atoms with Crippen molar-refractivity contribution < 1.29 is 29.5 Å². The van der Waals surface area contributed by atoms with Gasteiger partial charge in [-0.1, -0.05) is 0 Å². The number of ether oxygens (including phenoxy) is 2. The minimum Gasteiger partial charge on any atom is -0.394 e. The van der Waals surface area contributed by atoms with Crippen LogP contribution in [0.25, 0.3) is 0 Å². The maximum absolute atomic E-state index is 8.26. The summed E-state index contributed by atoms with van der Waals surface area (Å²) >= 11 is 0. The van der Waals surface area contributed by atoms with E-state index in [1.54, 1.807) is 0 Å². The van der Waals surface area contributed by atoms with Crippen molar-refractivity contribution in [2.45, 2.75) is 0 Å². The monoisotopic (exact) mass is 231 g/mol. The molecule has 0 fully saturated rings. The molecule has 0 rings (SSSR count). The van der Waals surface area contributed by atoms with Crippen LogP contribution in [0.1, 0.15) is 0 Å². The number of aliphatic hydroxyl groups excluding tert-OH is 2. The van der Waals surface area contributed by atoms with Gasteiger partial charge in [0.15, 0.2) is 0 Å². The predicted octanol–water partition coefficient (Wildman–Crippen LogP) is -1.84. The van der Waals surface area contributed by atoms with Crippen LogP contribution in [-0.4, -0.2) is 59.6 Å². The zero-order chi connectivity index (χ0) is 11.2. The van der Waals surface area contributed by atoms with E-state index in [2.05, 4.69) is 5.50 Å². The second-order valence-electron chi connectivity index (χ2n) is 1.99. The Morgan fingerprint density at radius 1 is 0.857 bits per heavy atom. The molecule has 0 aromatic heterocycles. The van der Waals surface area contributed by atoms with Gasteiger partial charge in [0.25, 0.3) is 0 Å². The SMILES string of the molecule is NP(O)O.OCCOCCOCCO. The zero-order valence-electron chi connectivity index (χ0n) is 7.87. The van der Waals surface area contributed by atoms with E-state index in [4.69, 9.17) is 29.5 Å². The standard InChI is InChI=1S/C6H14O4.H4NO2P/c7-1-3-9-5-6-10-4-2-8;1-4(2)3/h7-8H,1-6H2;2-3H,1H2. The molecular formula is C6H18NO6P. The fourth-order valence-electron chi connectivity index (χ4n) is 0.451. The lowest BCUT2D eigenvalue weighted by molar-refractivity contribution is 0.0222. The number of aliphatic hydroxyl groups is 2. The van der Waals surface area contributed by atoms with Crippen LogP contribution < -0.4 is 5.50 Å². The first-order chi connectivity index (χ1) is 6.65. The van der Waals surface area contributed by atoms with Gasteiger partial charge in [0.1, 0.15) is 0 Å². The number of hydrogen-bond donors (Lipinski definition) is 5. The van der Waals surface area contributed by atoms with E-state index in [0.717, 1.165) is 0 Å².